The molecule has 0 spiro atoms. The van der Waals surface area contributed by atoms with E-state index in [0.29, 0.717) is 28.7 Å². The third-order valence-corrected chi connectivity index (χ3v) is 4.52. The minimum absolute atomic E-state index is 0.0291. The summed E-state index contributed by atoms with van der Waals surface area (Å²) in [5.74, 6) is 0.674. The van der Waals surface area contributed by atoms with Gasteiger partial charge < -0.3 is 14.7 Å². The molecule has 1 aliphatic rings. The number of rotatable bonds is 5. The molecule has 142 valence electrons. The Morgan fingerprint density at radius 3 is 2.18 bits per heavy atom. The van der Waals surface area contributed by atoms with Crippen molar-refractivity contribution in [1.82, 2.24) is 9.97 Å². The molecule has 0 saturated carbocycles. The van der Waals surface area contributed by atoms with Crippen LogP contribution >= 0.6 is 0 Å². The number of carbonyl (C=O) groups is 1. The summed E-state index contributed by atoms with van der Waals surface area (Å²) in [5, 5.41) is 9.40. The van der Waals surface area contributed by atoms with Crippen molar-refractivity contribution < 1.29 is 19.0 Å². The topological polar surface area (TPSA) is 75.5 Å². The molecule has 7 heteroatoms. The molecule has 0 bridgehead atoms. The molecular formula is C21H18FN3O3. The van der Waals surface area contributed by atoms with Crippen LogP contribution in [0.25, 0.3) is 11.4 Å². The van der Waals surface area contributed by atoms with Crippen LogP contribution in [-0.2, 0) is 0 Å². The molecule has 1 aromatic heterocycles. The molecule has 0 radical (unpaired) electrons. The molecule has 0 amide bonds. The summed E-state index contributed by atoms with van der Waals surface area (Å²) in [7, 11) is 0. The van der Waals surface area contributed by atoms with Crippen LogP contribution in [0.4, 0.5) is 10.2 Å². The van der Waals surface area contributed by atoms with Gasteiger partial charge in [-0.25, -0.2) is 19.2 Å². The van der Waals surface area contributed by atoms with Gasteiger partial charge in [-0.2, -0.15) is 0 Å². The first-order valence-corrected chi connectivity index (χ1v) is 9.00. The van der Waals surface area contributed by atoms with E-state index in [1.54, 1.807) is 36.4 Å². The Morgan fingerprint density at radius 1 is 0.964 bits per heavy atom. The van der Waals surface area contributed by atoms with Gasteiger partial charge in [0.15, 0.2) is 11.5 Å². The van der Waals surface area contributed by atoms with Crippen LogP contribution in [0.1, 0.15) is 23.3 Å². The highest BCUT2D eigenvalue weighted by atomic mass is 19.1. The summed E-state index contributed by atoms with van der Waals surface area (Å²) in [4.78, 5) is 22.3. The van der Waals surface area contributed by atoms with Gasteiger partial charge in [0.05, 0.1) is 0 Å². The number of hydrogen-bond donors (Lipinski definition) is 1. The van der Waals surface area contributed by atoms with Gasteiger partial charge >= 0.3 is 5.97 Å². The highest BCUT2D eigenvalue weighted by Crippen LogP contribution is 2.27. The summed E-state index contributed by atoms with van der Waals surface area (Å²) in [6.45, 7) is 1.72. The van der Waals surface area contributed by atoms with E-state index in [2.05, 4.69) is 14.9 Å². The van der Waals surface area contributed by atoms with Crippen molar-refractivity contribution in [3.8, 4) is 22.9 Å². The zero-order valence-corrected chi connectivity index (χ0v) is 15.0. The second-order valence-corrected chi connectivity index (χ2v) is 6.51. The van der Waals surface area contributed by atoms with Crippen LogP contribution in [0.5, 0.6) is 11.5 Å². The fourth-order valence-electron chi connectivity index (χ4n) is 3.09. The molecule has 2 aromatic carbocycles. The monoisotopic (exact) mass is 379 g/mol. The van der Waals surface area contributed by atoms with E-state index in [4.69, 9.17) is 4.74 Å². The number of halogens is 1. The van der Waals surface area contributed by atoms with E-state index in [1.165, 1.54) is 18.2 Å². The Kier molecular flexibility index (Phi) is 4.89. The molecule has 6 nitrogen and oxygen atoms in total. The maximum atomic E-state index is 13.0. The number of aromatic nitrogens is 2. The van der Waals surface area contributed by atoms with Crippen LogP contribution in [0.3, 0.4) is 0 Å². The first-order valence-electron chi connectivity index (χ1n) is 9.00. The first kappa shape index (κ1) is 17.9. The van der Waals surface area contributed by atoms with Crippen LogP contribution in [0.15, 0.2) is 54.6 Å². The molecule has 1 aliphatic heterocycles. The highest BCUT2D eigenvalue weighted by molar-refractivity contribution is 5.87. The predicted octanol–water partition coefficient (Wildman–Crippen LogP) is 4.37. The van der Waals surface area contributed by atoms with E-state index in [-0.39, 0.29) is 11.5 Å². The van der Waals surface area contributed by atoms with Crippen molar-refractivity contribution in [2.24, 2.45) is 0 Å². The second-order valence-electron chi connectivity index (χ2n) is 6.51. The van der Waals surface area contributed by atoms with Crippen LogP contribution < -0.4 is 9.64 Å². The van der Waals surface area contributed by atoms with E-state index < -0.39 is 5.97 Å². The third-order valence-electron chi connectivity index (χ3n) is 4.52. The van der Waals surface area contributed by atoms with E-state index >= 15 is 0 Å². The van der Waals surface area contributed by atoms with Crippen molar-refractivity contribution in [3.05, 3.63) is 66.1 Å². The fourth-order valence-corrected chi connectivity index (χ4v) is 3.09. The maximum Gasteiger partial charge on any atom is 0.354 e. The van der Waals surface area contributed by atoms with Gasteiger partial charge in [-0.1, -0.05) is 0 Å². The molecule has 0 aliphatic carbocycles. The van der Waals surface area contributed by atoms with Gasteiger partial charge in [0.25, 0.3) is 0 Å². The quantitative estimate of drug-likeness (QED) is 0.709. The number of benzene rings is 2. The van der Waals surface area contributed by atoms with Crippen molar-refractivity contribution in [1.29, 1.82) is 0 Å². The summed E-state index contributed by atoms with van der Waals surface area (Å²) >= 11 is 0. The molecule has 28 heavy (non-hydrogen) atoms. The summed E-state index contributed by atoms with van der Waals surface area (Å²) in [6.07, 6.45) is 2.13. The standard InChI is InChI=1S/C21H18FN3O3/c22-15-5-9-17(10-6-15)28-16-7-3-14(4-8-16)20-23-18(21(26)27)13-19(24-20)25-11-1-2-12-25/h3-10,13H,1-2,11-12H2,(H,26,27). The molecule has 2 heterocycles. The minimum atomic E-state index is -1.08. The number of ether oxygens (including phenoxy) is 1. The number of nitrogens with zero attached hydrogens (tertiary/aromatic N) is 3. The van der Waals surface area contributed by atoms with Crippen molar-refractivity contribution in [2.45, 2.75) is 12.8 Å². The third kappa shape index (κ3) is 3.93. The average Bonchev–Trinajstić information content (AvgIpc) is 3.25. The zero-order valence-electron chi connectivity index (χ0n) is 15.0. The Hall–Kier alpha value is -3.48. The van der Waals surface area contributed by atoms with Gasteiger partial charge in [-0.3, -0.25) is 0 Å². The van der Waals surface area contributed by atoms with Gasteiger partial charge in [-0.15, -0.1) is 0 Å². The predicted molar refractivity (Wildman–Crippen MR) is 102 cm³/mol. The van der Waals surface area contributed by atoms with Crippen molar-refractivity contribution >= 4 is 11.8 Å². The lowest BCUT2D eigenvalue weighted by molar-refractivity contribution is 0.0690. The van der Waals surface area contributed by atoms with Gasteiger partial charge in [-0.05, 0) is 61.4 Å². The molecule has 3 aromatic rings. The maximum absolute atomic E-state index is 13.0. The minimum Gasteiger partial charge on any atom is -0.477 e. The number of carboxylic acids is 1. The Bertz CT molecular complexity index is 985. The second kappa shape index (κ2) is 7.64. The number of carboxylic acid groups (broad SMARTS) is 1. The van der Waals surface area contributed by atoms with Crippen molar-refractivity contribution in [3.63, 3.8) is 0 Å². The molecule has 1 N–H and O–H groups in total. The number of anilines is 1. The van der Waals surface area contributed by atoms with Crippen molar-refractivity contribution in [2.75, 3.05) is 18.0 Å². The summed E-state index contributed by atoms with van der Waals surface area (Å²) in [5.41, 5.74) is 0.661. The van der Waals surface area contributed by atoms with E-state index in [9.17, 15) is 14.3 Å². The average molecular weight is 379 g/mol. The van der Waals surface area contributed by atoms with Crippen LogP contribution in [0, 0.1) is 5.82 Å². The first-order chi connectivity index (χ1) is 13.6. The molecule has 4 rings (SSSR count). The van der Waals surface area contributed by atoms with Crippen LogP contribution in [0.2, 0.25) is 0 Å². The lowest BCUT2D eigenvalue weighted by atomic mass is 10.2. The zero-order chi connectivity index (χ0) is 19.5. The Morgan fingerprint density at radius 2 is 1.57 bits per heavy atom. The summed E-state index contributed by atoms with van der Waals surface area (Å²) in [6, 6.07) is 14.3. The lowest BCUT2D eigenvalue weighted by Gasteiger charge is -2.17. The molecule has 0 unspecified atom stereocenters. The van der Waals surface area contributed by atoms with Gasteiger partial charge in [0.2, 0.25) is 0 Å². The molecule has 1 fully saturated rings. The van der Waals surface area contributed by atoms with E-state index in [1.807, 2.05) is 0 Å². The highest BCUT2D eigenvalue weighted by Gasteiger charge is 2.18. The fraction of sp³-hybridized carbons (Fsp3) is 0.190. The Balaban J connectivity index is 1.60. The molecule has 0 atom stereocenters. The van der Waals surface area contributed by atoms with Gasteiger partial charge in [0.1, 0.15) is 23.1 Å². The molecular weight excluding hydrogens is 361 g/mol. The molecule has 1 saturated heterocycles. The summed E-state index contributed by atoms with van der Waals surface area (Å²) < 4.78 is 18.7. The SMILES string of the molecule is O=C(O)c1cc(N2CCCC2)nc(-c2ccc(Oc3ccc(F)cc3)cc2)n1. The van der Waals surface area contributed by atoms with Gasteiger partial charge in [0, 0.05) is 24.7 Å². The van der Waals surface area contributed by atoms with Crippen LogP contribution in [-0.4, -0.2) is 34.1 Å². The Labute approximate surface area is 161 Å². The number of hydrogen-bond acceptors (Lipinski definition) is 5. The largest absolute Gasteiger partial charge is 0.477 e. The smallest absolute Gasteiger partial charge is 0.354 e. The number of aromatic carboxylic acids is 1. The lowest BCUT2D eigenvalue weighted by Crippen LogP contribution is -2.20. The van der Waals surface area contributed by atoms with E-state index in [0.717, 1.165) is 25.9 Å². The normalized spacial score (nSPS) is 13.5.